The van der Waals surface area contributed by atoms with Gasteiger partial charge in [-0.25, -0.2) is 0 Å². The molecule has 1 fully saturated rings. The van der Waals surface area contributed by atoms with Gasteiger partial charge in [-0.05, 0) is 26.2 Å². The van der Waals surface area contributed by atoms with Crippen LogP contribution in [0.5, 0.6) is 0 Å². The zero-order valence-corrected chi connectivity index (χ0v) is 15.2. The van der Waals surface area contributed by atoms with Crippen molar-refractivity contribution in [1.29, 1.82) is 0 Å². The van der Waals surface area contributed by atoms with Crippen molar-refractivity contribution in [2.45, 2.75) is 116 Å². The molecule has 0 N–H and O–H groups in total. The number of ketones is 1. The summed E-state index contributed by atoms with van der Waals surface area (Å²) in [5.74, 6) is 0.302. The fourth-order valence-corrected chi connectivity index (χ4v) is 3.09. The molecule has 1 aliphatic rings. The van der Waals surface area contributed by atoms with Gasteiger partial charge in [0.25, 0.3) is 0 Å². The fraction of sp³-hybridized carbons (Fsp3) is 0.947. The van der Waals surface area contributed by atoms with Crippen LogP contribution in [0.15, 0.2) is 0 Å². The average Bonchev–Trinajstić information content (AvgIpc) is 2.97. The Morgan fingerprint density at radius 3 is 1.74 bits per heavy atom. The first-order valence-corrected chi connectivity index (χ1v) is 9.72. The molecule has 4 nitrogen and oxygen atoms in total. The van der Waals surface area contributed by atoms with Crippen LogP contribution >= 0.6 is 0 Å². The van der Waals surface area contributed by atoms with E-state index in [1.807, 2.05) is 0 Å². The van der Waals surface area contributed by atoms with Crippen LogP contribution < -0.4 is 0 Å². The topological polar surface area (TPSA) is 44.8 Å². The maximum absolute atomic E-state index is 10.9. The lowest BCUT2D eigenvalue weighted by Gasteiger charge is -2.13. The molecule has 1 heterocycles. The van der Waals surface area contributed by atoms with Crippen LogP contribution in [0.1, 0.15) is 104 Å². The Hall–Kier alpha value is -0.450. The molecule has 0 bridgehead atoms. The van der Waals surface area contributed by atoms with E-state index >= 15 is 0 Å². The fourth-order valence-electron chi connectivity index (χ4n) is 3.09. The predicted octanol–water partition coefficient (Wildman–Crippen LogP) is 5.69. The van der Waals surface area contributed by atoms with Crippen molar-refractivity contribution in [2.75, 3.05) is 0 Å². The molecule has 0 saturated carbocycles. The predicted molar refractivity (Wildman–Crippen MR) is 91.8 cm³/mol. The molecule has 1 saturated heterocycles. The van der Waals surface area contributed by atoms with Crippen molar-refractivity contribution < 1.29 is 19.6 Å². The van der Waals surface area contributed by atoms with Gasteiger partial charge in [0.2, 0.25) is 0 Å². The summed E-state index contributed by atoms with van der Waals surface area (Å²) in [6.07, 6.45) is 16.5. The van der Waals surface area contributed by atoms with Gasteiger partial charge in [-0.3, -0.25) is 0 Å². The van der Waals surface area contributed by atoms with Crippen LogP contribution in [-0.2, 0) is 19.6 Å². The Balaban J connectivity index is 1.97. The minimum Gasteiger partial charge on any atom is -0.300 e. The summed E-state index contributed by atoms with van der Waals surface area (Å²) >= 11 is 0. The van der Waals surface area contributed by atoms with Crippen molar-refractivity contribution >= 4 is 5.78 Å². The van der Waals surface area contributed by atoms with E-state index in [9.17, 15) is 4.79 Å². The summed E-state index contributed by atoms with van der Waals surface area (Å²) in [4.78, 5) is 21.4. The van der Waals surface area contributed by atoms with Gasteiger partial charge < -0.3 is 4.79 Å². The first-order valence-electron chi connectivity index (χ1n) is 9.72. The third-order valence-electron chi connectivity index (χ3n) is 4.60. The van der Waals surface area contributed by atoms with E-state index in [4.69, 9.17) is 14.8 Å². The molecular weight excluding hydrogens is 292 g/mol. The second-order valence-corrected chi connectivity index (χ2v) is 6.90. The molecule has 0 radical (unpaired) electrons. The van der Waals surface area contributed by atoms with E-state index in [-0.39, 0.29) is 12.2 Å². The zero-order chi connectivity index (χ0) is 16.8. The summed E-state index contributed by atoms with van der Waals surface area (Å²) < 4.78 is 0. The van der Waals surface area contributed by atoms with Crippen LogP contribution in [0, 0.1) is 0 Å². The number of unbranched alkanes of at least 4 members (excludes halogenated alkanes) is 9. The normalized spacial score (nSPS) is 21.0. The number of carbonyl (C=O) groups excluding carboxylic acids is 1. The molecule has 1 aliphatic heterocycles. The molecule has 0 aromatic carbocycles. The van der Waals surface area contributed by atoms with E-state index in [2.05, 4.69) is 6.92 Å². The highest BCUT2D eigenvalue weighted by Crippen LogP contribution is 2.24. The summed E-state index contributed by atoms with van der Waals surface area (Å²) in [7, 11) is 0. The van der Waals surface area contributed by atoms with E-state index in [1.54, 1.807) is 6.92 Å². The molecule has 0 aromatic heterocycles. The van der Waals surface area contributed by atoms with Crippen molar-refractivity contribution in [3.63, 3.8) is 0 Å². The monoisotopic (exact) mass is 328 g/mol. The lowest BCUT2D eigenvalue weighted by Crippen LogP contribution is -2.22. The molecule has 1 rings (SSSR count). The SMILES string of the molecule is CCCCCCCCC1OOOC1CCCCCCCC(C)=O. The molecule has 23 heavy (non-hydrogen) atoms. The second kappa shape index (κ2) is 13.9. The Morgan fingerprint density at radius 2 is 1.22 bits per heavy atom. The number of carbonyl (C=O) groups is 1. The third-order valence-corrected chi connectivity index (χ3v) is 4.60. The van der Waals surface area contributed by atoms with Crippen LogP contribution in [0.4, 0.5) is 0 Å². The van der Waals surface area contributed by atoms with Crippen molar-refractivity contribution in [3.05, 3.63) is 0 Å². The lowest BCUT2D eigenvalue weighted by molar-refractivity contribution is -0.466. The molecule has 4 heteroatoms. The number of rotatable bonds is 15. The molecule has 2 unspecified atom stereocenters. The number of hydrogen-bond acceptors (Lipinski definition) is 4. The van der Waals surface area contributed by atoms with Gasteiger partial charge in [-0.15, -0.1) is 0 Å². The smallest absolute Gasteiger partial charge is 0.129 e. The molecule has 136 valence electrons. The van der Waals surface area contributed by atoms with E-state index in [0.29, 0.717) is 5.78 Å². The highest BCUT2D eigenvalue weighted by Gasteiger charge is 2.31. The standard InChI is InChI=1S/C19H36O4/c1-3-4-5-6-9-12-15-18-19(22-23-21-18)16-13-10-7-8-11-14-17(2)20/h18-19H,3-16H2,1-2H3. The Bertz CT molecular complexity index is 293. The highest BCUT2D eigenvalue weighted by molar-refractivity contribution is 5.75. The van der Waals surface area contributed by atoms with Crippen molar-refractivity contribution in [2.24, 2.45) is 0 Å². The molecule has 0 aromatic rings. The average molecular weight is 328 g/mol. The van der Waals surface area contributed by atoms with Crippen LogP contribution in [0.25, 0.3) is 0 Å². The summed E-state index contributed by atoms with van der Waals surface area (Å²) in [6.45, 7) is 3.91. The molecule has 0 amide bonds. The summed E-state index contributed by atoms with van der Waals surface area (Å²) in [5, 5.41) is 4.75. The van der Waals surface area contributed by atoms with Gasteiger partial charge in [0, 0.05) is 6.42 Å². The second-order valence-electron chi connectivity index (χ2n) is 6.90. The quantitative estimate of drug-likeness (QED) is 0.286. The van der Waals surface area contributed by atoms with Gasteiger partial charge in [-0.2, -0.15) is 9.78 Å². The zero-order valence-electron chi connectivity index (χ0n) is 15.2. The maximum atomic E-state index is 10.9. The summed E-state index contributed by atoms with van der Waals surface area (Å²) in [5.41, 5.74) is 0. The van der Waals surface area contributed by atoms with E-state index < -0.39 is 0 Å². The van der Waals surface area contributed by atoms with Crippen LogP contribution in [0.3, 0.4) is 0 Å². The van der Waals surface area contributed by atoms with Gasteiger partial charge in [-0.1, -0.05) is 76.2 Å². The van der Waals surface area contributed by atoms with Crippen molar-refractivity contribution in [3.8, 4) is 0 Å². The van der Waals surface area contributed by atoms with Crippen LogP contribution in [0.2, 0.25) is 0 Å². The first kappa shape index (κ1) is 20.6. The molecule has 0 aliphatic carbocycles. The minimum absolute atomic E-state index is 0.0999. The Kier molecular flexibility index (Phi) is 12.5. The Morgan fingerprint density at radius 1 is 0.739 bits per heavy atom. The Labute approximate surface area is 142 Å². The number of Topliss-reactive ketones (excluding diaryl/α,β-unsaturated/α-hetero) is 1. The molecule has 2 atom stereocenters. The maximum Gasteiger partial charge on any atom is 0.129 e. The van der Waals surface area contributed by atoms with Gasteiger partial charge >= 0.3 is 0 Å². The van der Waals surface area contributed by atoms with E-state index in [1.165, 1.54) is 51.4 Å². The number of hydrogen-bond donors (Lipinski definition) is 0. The summed E-state index contributed by atoms with van der Waals surface area (Å²) in [6, 6.07) is 0. The van der Waals surface area contributed by atoms with Gasteiger partial charge in [0.05, 0.1) is 0 Å². The lowest BCUT2D eigenvalue weighted by atomic mass is 9.99. The minimum atomic E-state index is 0.0999. The molecule has 0 spiro atoms. The highest BCUT2D eigenvalue weighted by atomic mass is 17.5. The first-order chi connectivity index (χ1) is 11.2. The van der Waals surface area contributed by atoms with Gasteiger partial charge in [0.1, 0.15) is 18.0 Å². The molecular formula is C19H36O4. The van der Waals surface area contributed by atoms with Crippen LogP contribution in [-0.4, -0.2) is 18.0 Å². The van der Waals surface area contributed by atoms with Gasteiger partial charge in [0.15, 0.2) is 0 Å². The van der Waals surface area contributed by atoms with Crippen molar-refractivity contribution in [1.82, 2.24) is 0 Å². The largest absolute Gasteiger partial charge is 0.300 e. The third kappa shape index (κ3) is 10.9. The van der Waals surface area contributed by atoms with E-state index in [0.717, 1.165) is 38.5 Å².